The highest BCUT2D eigenvalue weighted by molar-refractivity contribution is 8.13. The van der Waals surface area contributed by atoms with Gasteiger partial charge in [-0.15, -0.1) is 0 Å². The molecule has 0 heterocycles. The summed E-state index contributed by atoms with van der Waals surface area (Å²) in [6, 6.07) is 2.08. The highest BCUT2D eigenvalue weighted by Crippen LogP contribution is 2.27. The van der Waals surface area contributed by atoms with Gasteiger partial charge in [0.25, 0.3) is 0 Å². The SMILES string of the molecule is CN(C)c1c(CS(=O)(=O)Cl)ccc(F)c1F. The van der Waals surface area contributed by atoms with E-state index in [-0.39, 0.29) is 11.3 Å². The van der Waals surface area contributed by atoms with Crippen LogP contribution in [-0.2, 0) is 14.8 Å². The molecule has 0 aliphatic rings. The molecule has 1 aromatic carbocycles. The van der Waals surface area contributed by atoms with Crippen LogP contribution in [0.25, 0.3) is 0 Å². The zero-order valence-electron chi connectivity index (χ0n) is 8.67. The van der Waals surface area contributed by atoms with Gasteiger partial charge in [0.1, 0.15) is 0 Å². The molecule has 0 aliphatic heterocycles. The van der Waals surface area contributed by atoms with Crippen molar-refractivity contribution in [2.45, 2.75) is 5.75 Å². The van der Waals surface area contributed by atoms with Crippen molar-refractivity contribution in [1.82, 2.24) is 0 Å². The van der Waals surface area contributed by atoms with Gasteiger partial charge in [-0.1, -0.05) is 6.07 Å². The maximum Gasteiger partial charge on any atom is 0.236 e. The lowest BCUT2D eigenvalue weighted by atomic mass is 10.1. The summed E-state index contributed by atoms with van der Waals surface area (Å²) in [5.41, 5.74) is 0.0168. The molecule has 0 radical (unpaired) electrons. The Labute approximate surface area is 97.0 Å². The fraction of sp³-hybridized carbons (Fsp3) is 0.333. The van der Waals surface area contributed by atoms with E-state index in [2.05, 4.69) is 0 Å². The molecule has 0 saturated carbocycles. The molecule has 0 aliphatic carbocycles. The molecule has 0 bridgehead atoms. The summed E-state index contributed by atoms with van der Waals surface area (Å²) < 4.78 is 48.2. The summed E-state index contributed by atoms with van der Waals surface area (Å²) in [6.07, 6.45) is 0. The minimum Gasteiger partial charge on any atom is -0.375 e. The van der Waals surface area contributed by atoms with Crippen LogP contribution < -0.4 is 4.90 Å². The fourth-order valence-electron chi connectivity index (χ4n) is 1.37. The van der Waals surface area contributed by atoms with E-state index in [0.29, 0.717) is 0 Å². The lowest BCUT2D eigenvalue weighted by Crippen LogP contribution is -2.15. The third-order valence-corrected chi connectivity index (χ3v) is 2.91. The number of hydrogen-bond acceptors (Lipinski definition) is 3. The van der Waals surface area contributed by atoms with Crippen molar-refractivity contribution in [2.75, 3.05) is 19.0 Å². The van der Waals surface area contributed by atoms with Gasteiger partial charge in [-0.05, 0) is 11.6 Å². The number of anilines is 1. The normalized spacial score (nSPS) is 11.6. The minimum absolute atomic E-state index is 0.107. The minimum atomic E-state index is -3.81. The lowest BCUT2D eigenvalue weighted by Gasteiger charge is -2.17. The monoisotopic (exact) mass is 269 g/mol. The second-order valence-electron chi connectivity index (χ2n) is 3.45. The molecular formula is C9H10ClF2NO2S. The Morgan fingerprint density at radius 2 is 1.88 bits per heavy atom. The zero-order chi connectivity index (χ0) is 12.5. The average molecular weight is 270 g/mol. The molecule has 3 nitrogen and oxygen atoms in total. The van der Waals surface area contributed by atoms with Gasteiger partial charge in [0, 0.05) is 24.8 Å². The van der Waals surface area contributed by atoms with Crippen LogP contribution in [0.1, 0.15) is 5.56 Å². The van der Waals surface area contributed by atoms with Crippen molar-refractivity contribution in [3.63, 3.8) is 0 Å². The van der Waals surface area contributed by atoms with E-state index in [0.717, 1.165) is 6.07 Å². The first-order valence-electron chi connectivity index (χ1n) is 4.29. The molecule has 0 fully saturated rings. The van der Waals surface area contributed by atoms with Crippen molar-refractivity contribution in [3.8, 4) is 0 Å². The molecule has 0 N–H and O–H groups in total. The molecule has 0 aromatic heterocycles. The standard InChI is InChI=1S/C9H10ClF2NO2S/c1-13(2)9-6(5-16(10,14)15)3-4-7(11)8(9)12/h3-4H,5H2,1-2H3. The van der Waals surface area contributed by atoms with Crippen molar-refractivity contribution in [1.29, 1.82) is 0 Å². The van der Waals surface area contributed by atoms with E-state index in [1.54, 1.807) is 0 Å². The Morgan fingerprint density at radius 3 is 2.31 bits per heavy atom. The molecular weight excluding hydrogens is 260 g/mol. The van der Waals surface area contributed by atoms with Gasteiger partial charge in [0.2, 0.25) is 9.05 Å². The van der Waals surface area contributed by atoms with Crippen LogP contribution in [0.5, 0.6) is 0 Å². The van der Waals surface area contributed by atoms with E-state index in [1.807, 2.05) is 0 Å². The van der Waals surface area contributed by atoms with Crippen molar-refractivity contribution < 1.29 is 17.2 Å². The van der Waals surface area contributed by atoms with Crippen LogP contribution in [0.2, 0.25) is 0 Å². The first-order chi connectivity index (χ1) is 7.22. The Morgan fingerprint density at radius 1 is 1.31 bits per heavy atom. The molecule has 0 amide bonds. The van der Waals surface area contributed by atoms with Gasteiger partial charge < -0.3 is 4.90 Å². The Bertz CT molecular complexity index is 502. The second-order valence-corrected chi connectivity index (χ2v) is 6.22. The smallest absolute Gasteiger partial charge is 0.236 e. The summed E-state index contributed by atoms with van der Waals surface area (Å²) in [7, 11) is 4.24. The zero-order valence-corrected chi connectivity index (χ0v) is 10.2. The predicted molar refractivity (Wildman–Crippen MR) is 59.2 cm³/mol. The highest BCUT2D eigenvalue weighted by Gasteiger charge is 2.18. The third-order valence-electron chi connectivity index (χ3n) is 1.93. The highest BCUT2D eigenvalue weighted by atomic mass is 35.7. The molecule has 1 aromatic rings. The Balaban J connectivity index is 3.35. The number of nitrogens with zero attached hydrogens (tertiary/aromatic N) is 1. The Hall–Kier alpha value is -0.880. The van der Waals surface area contributed by atoms with E-state index < -0.39 is 26.4 Å². The second kappa shape index (κ2) is 4.55. The predicted octanol–water partition coefficient (Wildman–Crippen LogP) is 2.10. The van der Waals surface area contributed by atoms with E-state index in [1.165, 1.54) is 25.1 Å². The maximum absolute atomic E-state index is 13.4. The van der Waals surface area contributed by atoms with Gasteiger partial charge in [-0.25, -0.2) is 17.2 Å². The molecule has 0 atom stereocenters. The van der Waals surface area contributed by atoms with Gasteiger partial charge in [0.15, 0.2) is 11.6 Å². The third kappa shape index (κ3) is 3.05. The number of hydrogen-bond donors (Lipinski definition) is 0. The topological polar surface area (TPSA) is 37.4 Å². The summed E-state index contributed by atoms with van der Waals surface area (Å²) in [5.74, 6) is -2.65. The van der Waals surface area contributed by atoms with E-state index >= 15 is 0 Å². The number of halogens is 3. The van der Waals surface area contributed by atoms with Gasteiger partial charge >= 0.3 is 0 Å². The quantitative estimate of drug-likeness (QED) is 0.789. The largest absolute Gasteiger partial charge is 0.375 e. The van der Waals surface area contributed by atoms with Gasteiger partial charge in [0.05, 0.1) is 11.4 Å². The summed E-state index contributed by atoms with van der Waals surface area (Å²) >= 11 is 0. The van der Waals surface area contributed by atoms with E-state index in [9.17, 15) is 17.2 Å². The van der Waals surface area contributed by atoms with Crippen LogP contribution in [0, 0.1) is 11.6 Å². The fourth-order valence-corrected chi connectivity index (χ4v) is 2.32. The average Bonchev–Trinajstić information content (AvgIpc) is 2.08. The van der Waals surface area contributed by atoms with Crippen LogP contribution in [0.3, 0.4) is 0 Å². The molecule has 1 rings (SSSR count). The summed E-state index contributed by atoms with van der Waals surface area (Å²) in [5, 5.41) is 0. The molecule has 0 unspecified atom stereocenters. The van der Waals surface area contributed by atoms with Crippen molar-refractivity contribution >= 4 is 25.4 Å². The van der Waals surface area contributed by atoms with Crippen LogP contribution in [0.4, 0.5) is 14.5 Å². The molecule has 16 heavy (non-hydrogen) atoms. The molecule has 0 saturated heterocycles. The Kier molecular flexibility index (Phi) is 3.75. The van der Waals surface area contributed by atoms with Gasteiger partial charge in [-0.3, -0.25) is 0 Å². The van der Waals surface area contributed by atoms with Gasteiger partial charge in [-0.2, -0.15) is 0 Å². The number of benzene rings is 1. The summed E-state index contributed by atoms with van der Waals surface area (Å²) in [4.78, 5) is 1.30. The molecule has 0 spiro atoms. The van der Waals surface area contributed by atoms with Crippen LogP contribution in [0.15, 0.2) is 12.1 Å². The number of rotatable bonds is 3. The van der Waals surface area contributed by atoms with Crippen LogP contribution >= 0.6 is 10.7 Å². The first kappa shape index (κ1) is 13.2. The summed E-state index contributed by atoms with van der Waals surface area (Å²) in [6.45, 7) is 0. The molecule has 90 valence electrons. The molecule has 7 heteroatoms. The van der Waals surface area contributed by atoms with E-state index in [4.69, 9.17) is 10.7 Å². The maximum atomic E-state index is 13.4. The van der Waals surface area contributed by atoms with Crippen molar-refractivity contribution in [3.05, 3.63) is 29.3 Å². The van der Waals surface area contributed by atoms with Crippen molar-refractivity contribution in [2.24, 2.45) is 0 Å². The van der Waals surface area contributed by atoms with Crippen LogP contribution in [-0.4, -0.2) is 22.5 Å². The first-order valence-corrected chi connectivity index (χ1v) is 6.76. The lowest BCUT2D eigenvalue weighted by molar-refractivity contribution is 0.507.